The van der Waals surface area contributed by atoms with Crippen LogP contribution in [0, 0.1) is 0 Å². The molecule has 1 heterocycles. The molecular weight excluding hydrogens is 344 g/mol. The number of hydrogen-bond donors (Lipinski definition) is 1. The van der Waals surface area contributed by atoms with E-state index in [1.807, 2.05) is 0 Å². The van der Waals surface area contributed by atoms with Gasteiger partial charge < -0.3 is 19.3 Å². The normalized spacial score (nSPS) is 31.7. The van der Waals surface area contributed by atoms with Gasteiger partial charge in [0.2, 0.25) is 9.84 Å². The van der Waals surface area contributed by atoms with Gasteiger partial charge in [-0.3, -0.25) is 0 Å². The van der Waals surface area contributed by atoms with Crippen molar-refractivity contribution in [2.24, 2.45) is 0 Å². The second-order valence-electron chi connectivity index (χ2n) is 6.51. The highest BCUT2D eigenvalue weighted by atomic mass is 32.2. The van der Waals surface area contributed by atoms with Crippen LogP contribution in [0.1, 0.15) is 13.8 Å². The van der Waals surface area contributed by atoms with Crippen LogP contribution in [0.5, 0.6) is 0 Å². The fraction of sp³-hybridized carbons (Fsp3) is 0.444. The monoisotopic (exact) mass is 366 g/mol. The Hall–Kier alpha value is -1.51. The van der Waals surface area contributed by atoms with Crippen molar-refractivity contribution in [2.45, 2.75) is 48.9 Å². The van der Waals surface area contributed by atoms with E-state index in [1.165, 1.54) is 25.3 Å². The first-order chi connectivity index (χ1) is 11.7. The van der Waals surface area contributed by atoms with E-state index in [2.05, 4.69) is 6.58 Å². The lowest BCUT2D eigenvalue weighted by atomic mass is 9.89. The zero-order valence-corrected chi connectivity index (χ0v) is 15.2. The molecule has 1 aliphatic carbocycles. The average molecular weight is 366 g/mol. The van der Waals surface area contributed by atoms with Gasteiger partial charge >= 0.3 is 0 Å². The largest absolute Gasteiger partial charge is 0.386 e. The number of ether oxygens (including phenoxy) is 3. The molecule has 1 aliphatic heterocycles. The average Bonchev–Trinajstić information content (AvgIpc) is 2.91. The number of aliphatic hydroxyl groups excluding tert-OH is 1. The smallest absolute Gasteiger partial charge is 0.205 e. The van der Waals surface area contributed by atoms with Gasteiger partial charge in [0.25, 0.3) is 0 Å². The van der Waals surface area contributed by atoms with Crippen molar-refractivity contribution in [1.29, 1.82) is 0 Å². The highest BCUT2D eigenvalue weighted by Crippen LogP contribution is 2.43. The van der Waals surface area contributed by atoms with Gasteiger partial charge in [0.05, 0.1) is 9.80 Å². The predicted octanol–water partition coefficient (Wildman–Crippen LogP) is 1.81. The van der Waals surface area contributed by atoms with E-state index >= 15 is 0 Å². The molecule has 1 N–H and O–H groups in total. The highest BCUT2D eigenvalue weighted by Gasteiger charge is 2.55. The van der Waals surface area contributed by atoms with E-state index in [1.54, 1.807) is 32.0 Å². The van der Waals surface area contributed by atoms with Gasteiger partial charge in [0, 0.05) is 12.7 Å². The summed E-state index contributed by atoms with van der Waals surface area (Å²) in [5.41, 5.74) is 0.179. The minimum atomic E-state index is -3.91. The molecule has 2 aliphatic rings. The van der Waals surface area contributed by atoms with Crippen LogP contribution in [0.3, 0.4) is 0 Å². The number of benzene rings is 1. The number of methoxy groups -OCH3 is 1. The minimum absolute atomic E-state index is 0.0359. The highest BCUT2D eigenvalue weighted by molar-refractivity contribution is 7.95. The number of sulfone groups is 1. The van der Waals surface area contributed by atoms with Gasteiger partial charge in [0.15, 0.2) is 5.79 Å². The molecular formula is C18H22O6S. The molecule has 136 valence electrons. The fourth-order valence-electron chi connectivity index (χ4n) is 3.43. The zero-order chi connectivity index (χ0) is 18.4. The van der Waals surface area contributed by atoms with Crippen molar-refractivity contribution < 1.29 is 27.7 Å². The Morgan fingerprint density at radius 3 is 2.36 bits per heavy atom. The Morgan fingerprint density at radius 1 is 1.20 bits per heavy atom. The van der Waals surface area contributed by atoms with Crippen molar-refractivity contribution in [3.05, 3.63) is 53.5 Å². The van der Waals surface area contributed by atoms with E-state index in [0.29, 0.717) is 0 Å². The maximum Gasteiger partial charge on any atom is 0.205 e. The Kier molecular flexibility index (Phi) is 4.63. The summed E-state index contributed by atoms with van der Waals surface area (Å²) in [7, 11) is -2.49. The van der Waals surface area contributed by atoms with Crippen LogP contribution in [0.4, 0.5) is 0 Å². The quantitative estimate of drug-likeness (QED) is 0.875. The Morgan fingerprint density at radius 2 is 1.80 bits per heavy atom. The second-order valence-corrected chi connectivity index (χ2v) is 8.42. The molecule has 7 heteroatoms. The Labute approximate surface area is 147 Å². The van der Waals surface area contributed by atoms with E-state index < -0.39 is 40.0 Å². The summed E-state index contributed by atoms with van der Waals surface area (Å²) < 4.78 is 43.6. The lowest BCUT2D eigenvalue weighted by molar-refractivity contribution is -0.157. The maximum atomic E-state index is 13.2. The Bertz CT molecular complexity index is 796. The Balaban J connectivity index is 2.19. The van der Waals surface area contributed by atoms with Crippen molar-refractivity contribution in [3.8, 4) is 0 Å². The van der Waals surface area contributed by atoms with Crippen LogP contribution in [0.15, 0.2) is 58.4 Å². The van der Waals surface area contributed by atoms with Gasteiger partial charge in [-0.05, 0) is 26.0 Å². The molecule has 0 aromatic heterocycles. The topological polar surface area (TPSA) is 82.1 Å². The number of fused-ring (bicyclic) bond motifs is 1. The third-order valence-electron chi connectivity index (χ3n) is 4.45. The molecule has 0 spiro atoms. The molecule has 0 bridgehead atoms. The predicted molar refractivity (Wildman–Crippen MR) is 91.5 cm³/mol. The molecule has 0 saturated carbocycles. The molecule has 3 rings (SSSR count). The van der Waals surface area contributed by atoms with Gasteiger partial charge in [-0.15, -0.1) is 0 Å². The first-order valence-electron chi connectivity index (χ1n) is 7.96. The van der Waals surface area contributed by atoms with Gasteiger partial charge in [-0.25, -0.2) is 8.42 Å². The molecule has 0 amide bonds. The SMILES string of the molecule is C=CC1=C(S(=O)(=O)c2ccccc2)[C@H](OC)[C@H]2OC(C)(C)O[C@H]2[C@H]1O. The van der Waals surface area contributed by atoms with Gasteiger partial charge in [0.1, 0.15) is 24.4 Å². The molecule has 1 fully saturated rings. The van der Waals surface area contributed by atoms with Gasteiger partial charge in [-0.2, -0.15) is 0 Å². The van der Waals surface area contributed by atoms with E-state index in [4.69, 9.17) is 14.2 Å². The van der Waals surface area contributed by atoms with Crippen LogP contribution in [-0.2, 0) is 24.0 Å². The molecule has 0 radical (unpaired) electrons. The zero-order valence-electron chi connectivity index (χ0n) is 14.4. The van der Waals surface area contributed by atoms with Crippen molar-refractivity contribution in [3.63, 3.8) is 0 Å². The van der Waals surface area contributed by atoms with E-state index in [-0.39, 0.29) is 15.4 Å². The lowest BCUT2D eigenvalue weighted by Gasteiger charge is -2.36. The summed E-state index contributed by atoms with van der Waals surface area (Å²) in [6.45, 7) is 7.10. The number of rotatable bonds is 4. The molecule has 0 unspecified atom stereocenters. The number of aliphatic hydroxyl groups is 1. The van der Waals surface area contributed by atoms with Gasteiger partial charge in [-0.1, -0.05) is 30.9 Å². The summed E-state index contributed by atoms with van der Waals surface area (Å²) in [6, 6.07) is 8.03. The summed E-state index contributed by atoms with van der Waals surface area (Å²) in [5, 5.41) is 10.7. The molecule has 1 saturated heterocycles. The molecule has 25 heavy (non-hydrogen) atoms. The third kappa shape index (κ3) is 2.96. The lowest BCUT2D eigenvalue weighted by Crippen LogP contribution is -2.50. The van der Waals surface area contributed by atoms with Crippen molar-refractivity contribution in [1.82, 2.24) is 0 Å². The fourth-order valence-corrected chi connectivity index (χ4v) is 5.25. The summed E-state index contributed by atoms with van der Waals surface area (Å²) >= 11 is 0. The molecule has 6 nitrogen and oxygen atoms in total. The van der Waals surface area contributed by atoms with Crippen molar-refractivity contribution in [2.75, 3.05) is 7.11 Å². The van der Waals surface area contributed by atoms with E-state index in [9.17, 15) is 13.5 Å². The summed E-state index contributed by atoms with van der Waals surface area (Å²) in [5.74, 6) is -0.953. The third-order valence-corrected chi connectivity index (χ3v) is 6.39. The number of hydrogen-bond acceptors (Lipinski definition) is 6. The van der Waals surface area contributed by atoms with Crippen molar-refractivity contribution >= 4 is 9.84 Å². The van der Waals surface area contributed by atoms with Crippen LogP contribution < -0.4 is 0 Å². The summed E-state index contributed by atoms with van der Waals surface area (Å²) in [4.78, 5) is 0.0847. The van der Waals surface area contributed by atoms with Crippen LogP contribution >= 0.6 is 0 Å². The first-order valence-corrected chi connectivity index (χ1v) is 9.44. The standard InChI is InChI=1S/C18H22O6S/c1-5-12-13(19)14-15(24-18(2,3)23-14)16(22-4)17(12)25(20,21)11-9-7-6-8-10-11/h5-10,13-16,19H,1H2,2-4H3/t13-,14-,15-,16+/m0/s1. The summed E-state index contributed by atoms with van der Waals surface area (Å²) in [6.07, 6.45) is -2.22. The molecule has 1 aromatic rings. The van der Waals surface area contributed by atoms with E-state index in [0.717, 1.165) is 0 Å². The first kappa shape index (κ1) is 18.3. The maximum absolute atomic E-state index is 13.2. The molecule has 1 aromatic carbocycles. The van der Waals surface area contributed by atoms with Crippen LogP contribution in [0.2, 0.25) is 0 Å². The second kappa shape index (κ2) is 6.34. The van der Waals surface area contributed by atoms with Crippen LogP contribution in [0.25, 0.3) is 0 Å². The molecule has 4 atom stereocenters. The van der Waals surface area contributed by atoms with Crippen LogP contribution in [-0.4, -0.2) is 50.8 Å². The minimum Gasteiger partial charge on any atom is -0.386 e.